The molecule has 1 amide bonds. The summed E-state index contributed by atoms with van der Waals surface area (Å²) in [6.07, 6.45) is 4.31. The number of carbonyl (C=O) groups excluding carboxylic acids is 1. The monoisotopic (exact) mass is 432 g/mol. The van der Waals surface area contributed by atoms with Gasteiger partial charge in [0.25, 0.3) is 5.91 Å². The molecule has 1 fully saturated rings. The highest BCUT2D eigenvalue weighted by Gasteiger charge is 2.26. The molecule has 3 aromatic carbocycles. The summed E-state index contributed by atoms with van der Waals surface area (Å²) in [6, 6.07) is 27.0. The number of benzene rings is 3. The topological polar surface area (TPSA) is 25.2 Å². The van der Waals surface area contributed by atoms with Crippen molar-refractivity contribution < 1.29 is 4.79 Å². The average molecular weight is 433 g/mol. The molecule has 0 spiro atoms. The van der Waals surface area contributed by atoms with Gasteiger partial charge in [-0.3, -0.25) is 4.79 Å². The minimum atomic E-state index is 0.111. The first-order valence-corrected chi connectivity index (χ1v) is 11.7. The number of fused-ring (bicyclic) bond motifs is 1. The molecule has 0 saturated carbocycles. The summed E-state index contributed by atoms with van der Waals surface area (Å²) in [5.74, 6) is 6.53. The summed E-state index contributed by atoms with van der Waals surface area (Å²) in [4.78, 5) is 15.1. The molecule has 4 aromatic rings. The first-order chi connectivity index (χ1) is 16.2. The van der Waals surface area contributed by atoms with E-state index in [1.807, 2.05) is 36.1 Å². The molecule has 3 nitrogen and oxygen atoms in total. The molecule has 164 valence electrons. The third-order valence-corrected chi connectivity index (χ3v) is 6.62. The van der Waals surface area contributed by atoms with Crippen LogP contribution in [-0.2, 0) is 6.54 Å². The Morgan fingerprint density at radius 1 is 0.939 bits per heavy atom. The van der Waals surface area contributed by atoms with Crippen LogP contribution >= 0.6 is 0 Å². The summed E-state index contributed by atoms with van der Waals surface area (Å²) in [5.41, 5.74) is 5.62. The molecule has 2 heterocycles. The molecule has 0 atom stereocenters. The predicted molar refractivity (Wildman–Crippen MR) is 134 cm³/mol. The van der Waals surface area contributed by atoms with Crippen LogP contribution in [0, 0.1) is 11.8 Å². The van der Waals surface area contributed by atoms with Crippen LogP contribution in [0.5, 0.6) is 0 Å². The number of hydrogen-bond donors (Lipinski definition) is 0. The van der Waals surface area contributed by atoms with Crippen LogP contribution in [0.25, 0.3) is 10.9 Å². The molecule has 3 heteroatoms. The summed E-state index contributed by atoms with van der Waals surface area (Å²) in [7, 11) is 0. The van der Waals surface area contributed by atoms with Crippen LogP contribution in [-0.4, -0.2) is 28.5 Å². The second-order valence-electron chi connectivity index (χ2n) is 8.74. The van der Waals surface area contributed by atoms with E-state index in [0.717, 1.165) is 43.6 Å². The molecular weight excluding hydrogens is 404 g/mol. The first kappa shape index (κ1) is 21.1. The Bertz CT molecular complexity index is 1330. The van der Waals surface area contributed by atoms with Crippen molar-refractivity contribution in [3.8, 4) is 11.8 Å². The van der Waals surface area contributed by atoms with Crippen molar-refractivity contribution in [1.29, 1.82) is 0 Å². The Balaban J connectivity index is 1.34. The fourth-order valence-electron chi connectivity index (χ4n) is 4.96. The number of hydrogen-bond acceptors (Lipinski definition) is 1. The van der Waals surface area contributed by atoms with Crippen LogP contribution in [0.3, 0.4) is 0 Å². The van der Waals surface area contributed by atoms with Gasteiger partial charge in [0, 0.05) is 47.9 Å². The van der Waals surface area contributed by atoms with E-state index < -0.39 is 0 Å². The molecule has 33 heavy (non-hydrogen) atoms. The van der Waals surface area contributed by atoms with E-state index in [1.54, 1.807) is 0 Å². The SMILES string of the molecule is CC#Cc1cccc(C(=O)N2CCC(c3cn(Cc4ccccc4)c4ccccc34)CC2)c1. The fraction of sp³-hybridized carbons (Fsp3) is 0.233. The van der Waals surface area contributed by atoms with Gasteiger partial charge in [-0.05, 0) is 61.1 Å². The molecule has 1 aliphatic rings. The van der Waals surface area contributed by atoms with Crippen LogP contribution < -0.4 is 0 Å². The van der Waals surface area contributed by atoms with Gasteiger partial charge < -0.3 is 9.47 Å². The van der Waals surface area contributed by atoms with E-state index in [4.69, 9.17) is 0 Å². The van der Waals surface area contributed by atoms with Gasteiger partial charge >= 0.3 is 0 Å². The zero-order valence-corrected chi connectivity index (χ0v) is 19.0. The molecular formula is C30H28N2O. The molecule has 1 aliphatic heterocycles. The minimum Gasteiger partial charge on any atom is -0.343 e. The maximum atomic E-state index is 13.1. The standard InChI is InChI=1S/C30H28N2O/c1-2-9-23-12-8-13-26(20-23)30(33)31-18-16-25(17-19-31)28-22-32(21-24-10-4-3-5-11-24)29-15-7-6-14-27(28)29/h3-8,10-15,20,22,25H,16-19,21H2,1H3. The Morgan fingerprint density at radius 3 is 2.48 bits per heavy atom. The van der Waals surface area contributed by atoms with Gasteiger partial charge in [-0.2, -0.15) is 0 Å². The van der Waals surface area contributed by atoms with Gasteiger partial charge in [-0.1, -0.05) is 60.5 Å². The lowest BCUT2D eigenvalue weighted by Crippen LogP contribution is -2.37. The van der Waals surface area contributed by atoms with Crippen molar-refractivity contribution in [1.82, 2.24) is 9.47 Å². The molecule has 1 aromatic heterocycles. The number of nitrogens with zero attached hydrogens (tertiary/aromatic N) is 2. The van der Waals surface area contributed by atoms with E-state index in [1.165, 1.54) is 22.0 Å². The van der Waals surface area contributed by atoms with Gasteiger partial charge in [0.1, 0.15) is 0 Å². The predicted octanol–water partition coefficient (Wildman–Crippen LogP) is 6.08. The summed E-state index contributed by atoms with van der Waals surface area (Å²) < 4.78 is 2.37. The Labute approximate surface area is 195 Å². The Hall–Kier alpha value is -3.77. The quantitative estimate of drug-likeness (QED) is 0.359. The smallest absolute Gasteiger partial charge is 0.253 e. The van der Waals surface area contributed by atoms with Gasteiger partial charge in [-0.25, -0.2) is 0 Å². The lowest BCUT2D eigenvalue weighted by molar-refractivity contribution is 0.0713. The largest absolute Gasteiger partial charge is 0.343 e. The highest BCUT2D eigenvalue weighted by Crippen LogP contribution is 2.35. The van der Waals surface area contributed by atoms with Gasteiger partial charge in [0.2, 0.25) is 0 Å². The van der Waals surface area contributed by atoms with Gasteiger partial charge in [-0.15, -0.1) is 5.92 Å². The van der Waals surface area contributed by atoms with E-state index in [9.17, 15) is 4.79 Å². The first-order valence-electron chi connectivity index (χ1n) is 11.7. The maximum Gasteiger partial charge on any atom is 0.253 e. The average Bonchev–Trinajstić information content (AvgIpc) is 3.23. The van der Waals surface area contributed by atoms with E-state index in [0.29, 0.717) is 5.92 Å². The highest BCUT2D eigenvalue weighted by atomic mass is 16.2. The normalized spacial score (nSPS) is 14.2. The van der Waals surface area contributed by atoms with E-state index >= 15 is 0 Å². The van der Waals surface area contributed by atoms with Crippen molar-refractivity contribution in [2.75, 3.05) is 13.1 Å². The number of carbonyl (C=O) groups is 1. The van der Waals surface area contributed by atoms with Crippen molar-refractivity contribution in [3.05, 3.63) is 107 Å². The number of piperidine rings is 1. The zero-order chi connectivity index (χ0) is 22.6. The molecule has 0 radical (unpaired) electrons. The third kappa shape index (κ3) is 4.43. The highest BCUT2D eigenvalue weighted by molar-refractivity contribution is 5.94. The number of rotatable bonds is 4. The molecule has 0 N–H and O–H groups in total. The molecule has 0 bridgehead atoms. The fourth-order valence-corrected chi connectivity index (χ4v) is 4.96. The number of para-hydroxylation sites is 1. The molecule has 0 aliphatic carbocycles. The lowest BCUT2D eigenvalue weighted by Gasteiger charge is -2.32. The minimum absolute atomic E-state index is 0.111. The molecule has 1 saturated heterocycles. The van der Waals surface area contributed by atoms with E-state index in [-0.39, 0.29) is 5.91 Å². The van der Waals surface area contributed by atoms with Crippen LogP contribution in [0.2, 0.25) is 0 Å². The number of amides is 1. The Kier molecular flexibility index (Phi) is 6.00. The van der Waals surface area contributed by atoms with Gasteiger partial charge in [0.15, 0.2) is 0 Å². The third-order valence-electron chi connectivity index (χ3n) is 6.62. The second kappa shape index (κ2) is 9.38. The summed E-state index contributed by atoms with van der Waals surface area (Å²) in [5, 5.41) is 1.34. The van der Waals surface area contributed by atoms with E-state index in [2.05, 4.69) is 77.2 Å². The van der Waals surface area contributed by atoms with Gasteiger partial charge in [0.05, 0.1) is 0 Å². The zero-order valence-electron chi connectivity index (χ0n) is 19.0. The van der Waals surface area contributed by atoms with Crippen molar-refractivity contribution in [2.24, 2.45) is 0 Å². The maximum absolute atomic E-state index is 13.1. The van der Waals surface area contributed by atoms with Crippen molar-refractivity contribution >= 4 is 16.8 Å². The Morgan fingerprint density at radius 2 is 1.70 bits per heavy atom. The van der Waals surface area contributed by atoms with Crippen LogP contribution in [0.15, 0.2) is 85.1 Å². The molecule has 0 unspecified atom stereocenters. The van der Waals surface area contributed by atoms with Crippen molar-refractivity contribution in [2.45, 2.75) is 32.2 Å². The second-order valence-corrected chi connectivity index (χ2v) is 8.74. The lowest BCUT2D eigenvalue weighted by atomic mass is 9.89. The van der Waals surface area contributed by atoms with Crippen LogP contribution in [0.1, 0.15) is 52.7 Å². The van der Waals surface area contributed by atoms with Crippen LogP contribution in [0.4, 0.5) is 0 Å². The molecule has 5 rings (SSSR count). The number of likely N-dealkylation sites (tertiary alicyclic amines) is 1. The summed E-state index contributed by atoms with van der Waals surface area (Å²) >= 11 is 0. The summed E-state index contributed by atoms with van der Waals surface area (Å²) in [6.45, 7) is 4.25. The van der Waals surface area contributed by atoms with Crippen molar-refractivity contribution in [3.63, 3.8) is 0 Å². The number of aromatic nitrogens is 1.